The van der Waals surface area contributed by atoms with E-state index in [0.29, 0.717) is 31.9 Å². The highest BCUT2D eigenvalue weighted by Gasteiger charge is 2.26. The lowest BCUT2D eigenvalue weighted by Gasteiger charge is -2.18. The number of benzene rings is 1. The molecule has 1 N–H and O–H groups in total. The molecular formula is C19H22FN3O2. The number of rotatable bonds is 6. The minimum absolute atomic E-state index is 0.0107. The molecule has 1 fully saturated rings. The van der Waals surface area contributed by atoms with Gasteiger partial charge in [0.2, 0.25) is 5.91 Å². The van der Waals surface area contributed by atoms with Gasteiger partial charge in [0.25, 0.3) is 0 Å². The summed E-state index contributed by atoms with van der Waals surface area (Å²) in [6.45, 7) is 3.81. The Morgan fingerprint density at radius 1 is 1.36 bits per heavy atom. The van der Waals surface area contributed by atoms with E-state index in [4.69, 9.17) is 4.74 Å². The summed E-state index contributed by atoms with van der Waals surface area (Å²) in [6.07, 6.45) is 2.68. The summed E-state index contributed by atoms with van der Waals surface area (Å²) < 4.78 is 19.2. The molecule has 2 heterocycles. The highest BCUT2D eigenvalue weighted by molar-refractivity contribution is 5.79. The fourth-order valence-electron chi connectivity index (χ4n) is 3.01. The molecule has 0 saturated carbocycles. The van der Waals surface area contributed by atoms with Gasteiger partial charge in [-0.25, -0.2) is 9.37 Å². The third-order valence-electron chi connectivity index (χ3n) is 4.19. The van der Waals surface area contributed by atoms with Crippen LogP contribution in [0.3, 0.4) is 0 Å². The fourth-order valence-corrected chi connectivity index (χ4v) is 3.01. The highest BCUT2D eigenvalue weighted by Crippen LogP contribution is 2.21. The van der Waals surface area contributed by atoms with Gasteiger partial charge in [-0.15, -0.1) is 0 Å². The van der Waals surface area contributed by atoms with Gasteiger partial charge in [0, 0.05) is 25.3 Å². The number of hydrogen-bond donors (Lipinski definition) is 1. The van der Waals surface area contributed by atoms with Crippen LogP contribution in [0.1, 0.15) is 18.9 Å². The predicted octanol–water partition coefficient (Wildman–Crippen LogP) is 2.56. The third kappa shape index (κ3) is 4.47. The van der Waals surface area contributed by atoms with Crippen molar-refractivity contribution >= 4 is 11.7 Å². The van der Waals surface area contributed by atoms with E-state index < -0.39 is 0 Å². The van der Waals surface area contributed by atoms with Crippen molar-refractivity contribution in [3.05, 3.63) is 54.0 Å². The normalized spacial score (nSPS) is 16.7. The Labute approximate surface area is 146 Å². The van der Waals surface area contributed by atoms with Crippen molar-refractivity contribution in [2.24, 2.45) is 0 Å². The molecule has 1 amide bonds. The Morgan fingerprint density at radius 3 is 2.88 bits per heavy atom. The first-order valence-electron chi connectivity index (χ1n) is 8.52. The number of hydrogen-bond acceptors (Lipinski definition) is 4. The van der Waals surface area contributed by atoms with E-state index >= 15 is 0 Å². The quantitative estimate of drug-likeness (QED) is 0.876. The number of aromatic nitrogens is 1. The molecule has 0 spiro atoms. The van der Waals surface area contributed by atoms with Crippen molar-refractivity contribution in [3.63, 3.8) is 0 Å². The number of carbonyl (C=O) groups is 1. The summed E-state index contributed by atoms with van der Waals surface area (Å²) in [4.78, 5) is 18.2. The lowest BCUT2D eigenvalue weighted by atomic mass is 10.1. The zero-order chi connectivity index (χ0) is 17.6. The predicted molar refractivity (Wildman–Crippen MR) is 94.3 cm³/mol. The van der Waals surface area contributed by atoms with Crippen molar-refractivity contribution in [1.29, 1.82) is 0 Å². The van der Waals surface area contributed by atoms with Crippen LogP contribution in [0, 0.1) is 5.82 Å². The summed E-state index contributed by atoms with van der Waals surface area (Å²) in [5.74, 6) is 0.794. The number of nitrogens with one attached hydrogen (secondary N) is 1. The van der Waals surface area contributed by atoms with Crippen molar-refractivity contribution in [3.8, 4) is 5.75 Å². The van der Waals surface area contributed by atoms with Gasteiger partial charge in [0.15, 0.2) is 11.6 Å². The van der Waals surface area contributed by atoms with Crippen molar-refractivity contribution in [1.82, 2.24) is 10.3 Å². The molecular weight excluding hydrogens is 321 g/mol. The van der Waals surface area contributed by atoms with Crippen molar-refractivity contribution in [2.75, 3.05) is 24.6 Å². The molecule has 0 radical (unpaired) electrons. The largest absolute Gasteiger partial charge is 0.494 e. The van der Waals surface area contributed by atoms with Crippen LogP contribution in [0.2, 0.25) is 0 Å². The molecule has 1 unspecified atom stereocenters. The van der Waals surface area contributed by atoms with Crippen LogP contribution in [-0.2, 0) is 11.2 Å². The van der Waals surface area contributed by atoms with Gasteiger partial charge in [0.1, 0.15) is 5.75 Å². The maximum absolute atomic E-state index is 13.8. The molecule has 0 aliphatic carbocycles. The minimum Gasteiger partial charge on any atom is -0.494 e. The number of nitrogens with zero attached hydrogens (tertiary/aromatic N) is 2. The van der Waals surface area contributed by atoms with E-state index in [9.17, 15) is 9.18 Å². The Hall–Kier alpha value is -2.63. The average Bonchev–Trinajstić information content (AvgIpc) is 3.05. The first-order chi connectivity index (χ1) is 12.2. The first-order valence-corrected chi connectivity index (χ1v) is 8.52. The van der Waals surface area contributed by atoms with Gasteiger partial charge in [-0.2, -0.15) is 0 Å². The van der Waals surface area contributed by atoms with E-state index in [-0.39, 0.29) is 17.8 Å². The van der Waals surface area contributed by atoms with Gasteiger partial charge in [0.05, 0.1) is 13.0 Å². The lowest BCUT2D eigenvalue weighted by molar-refractivity contribution is -0.121. The second-order valence-corrected chi connectivity index (χ2v) is 6.06. The molecule has 5 nitrogen and oxygen atoms in total. The van der Waals surface area contributed by atoms with E-state index in [0.717, 1.165) is 17.7 Å². The van der Waals surface area contributed by atoms with E-state index in [1.807, 2.05) is 36.1 Å². The topological polar surface area (TPSA) is 54.5 Å². The van der Waals surface area contributed by atoms with Crippen LogP contribution < -0.4 is 15.0 Å². The number of halogens is 1. The molecule has 6 heteroatoms. The molecule has 1 aliphatic heterocycles. The monoisotopic (exact) mass is 343 g/mol. The Bertz CT molecular complexity index is 721. The Morgan fingerprint density at radius 2 is 2.16 bits per heavy atom. The fraction of sp³-hybridized carbons (Fsp3) is 0.368. The second-order valence-electron chi connectivity index (χ2n) is 6.06. The molecule has 25 heavy (non-hydrogen) atoms. The van der Waals surface area contributed by atoms with Crippen LogP contribution in [0.4, 0.5) is 10.2 Å². The van der Waals surface area contributed by atoms with Crippen LogP contribution in [0.25, 0.3) is 0 Å². The van der Waals surface area contributed by atoms with E-state index in [1.165, 1.54) is 6.07 Å². The molecule has 3 rings (SSSR count). The SMILES string of the molecule is CCOc1ccc(CC(=O)NC2CCN(c3ncccc3F)C2)cc1. The van der Waals surface area contributed by atoms with Crippen LogP contribution in [0.5, 0.6) is 5.75 Å². The average molecular weight is 343 g/mol. The van der Waals surface area contributed by atoms with E-state index in [1.54, 1.807) is 12.3 Å². The molecule has 0 bridgehead atoms. The zero-order valence-corrected chi connectivity index (χ0v) is 14.2. The minimum atomic E-state index is -0.330. The first kappa shape index (κ1) is 17.2. The smallest absolute Gasteiger partial charge is 0.224 e. The molecule has 132 valence electrons. The maximum atomic E-state index is 13.8. The number of amides is 1. The summed E-state index contributed by atoms with van der Waals surface area (Å²) in [5, 5.41) is 3.02. The molecule has 1 aliphatic rings. The van der Waals surface area contributed by atoms with Crippen LogP contribution >= 0.6 is 0 Å². The molecule has 1 aromatic carbocycles. The lowest BCUT2D eigenvalue weighted by Crippen LogP contribution is -2.38. The van der Waals surface area contributed by atoms with Gasteiger partial charge < -0.3 is 15.0 Å². The van der Waals surface area contributed by atoms with Crippen LogP contribution in [-0.4, -0.2) is 36.6 Å². The number of pyridine rings is 1. The third-order valence-corrected chi connectivity index (χ3v) is 4.19. The van der Waals surface area contributed by atoms with Crippen LogP contribution in [0.15, 0.2) is 42.6 Å². The number of ether oxygens (including phenoxy) is 1. The van der Waals surface area contributed by atoms with E-state index in [2.05, 4.69) is 10.3 Å². The summed E-state index contributed by atoms with van der Waals surface area (Å²) in [6, 6.07) is 10.5. The molecule has 1 aromatic heterocycles. The van der Waals surface area contributed by atoms with Gasteiger partial charge in [-0.05, 0) is 43.2 Å². The highest BCUT2D eigenvalue weighted by atomic mass is 19.1. The summed E-state index contributed by atoms with van der Waals surface area (Å²) in [5.41, 5.74) is 0.937. The Kier molecular flexibility index (Phi) is 5.48. The molecule has 1 atom stereocenters. The number of carbonyl (C=O) groups excluding carboxylic acids is 1. The zero-order valence-electron chi connectivity index (χ0n) is 14.2. The number of anilines is 1. The van der Waals surface area contributed by atoms with Gasteiger partial charge in [-0.3, -0.25) is 4.79 Å². The van der Waals surface area contributed by atoms with Gasteiger partial charge in [-0.1, -0.05) is 12.1 Å². The second kappa shape index (κ2) is 7.96. The van der Waals surface area contributed by atoms with Crippen molar-refractivity contribution in [2.45, 2.75) is 25.8 Å². The van der Waals surface area contributed by atoms with Crippen molar-refractivity contribution < 1.29 is 13.9 Å². The standard InChI is InChI=1S/C19H22FN3O2/c1-2-25-16-7-5-14(6-8-16)12-18(24)22-15-9-11-23(13-15)19-17(20)4-3-10-21-19/h3-8,10,15H,2,9,11-13H2,1H3,(H,22,24). The van der Waals surface area contributed by atoms with Gasteiger partial charge >= 0.3 is 0 Å². The summed E-state index contributed by atoms with van der Waals surface area (Å²) in [7, 11) is 0. The maximum Gasteiger partial charge on any atom is 0.224 e. The molecule has 2 aromatic rings. The summed E-state index contributed by atoms with van der Waals surface area (Å²) >= 11 is 0. The molecule has 1 saturated heterocycles. The Balaban J connectivity index is 1.51.